The van der Waals surface area contributed by atoms with Gasteiger partial charge in [0.25, 0.3) is 0 Å². The maximum Gasteiger partial charge on any atom is 0.315 e. The van der Waals surface area contributed by atoms with Crippen LogP contribution in [0.15, 0.2) is 18.2 Å². The van der Waals surface area contributed by atoms with Gasteiger partial charge in [-0.25, -0.2) is 0 Å². The summed E-state index contributed by atoms with van der Waals surface area (Å²) in [6.45, 7) is 1.27. The fraction of sp³-hybridized carbons (Fsp3) is 0.455. The first-order valence-corrected chi connectivity index (χ1v) is 5.38. The Labute approximate surface area is 100 Å². The first kappa shape index (κ1) is 13.2. The smallest absolute Gasteiger partial charge is 0.315 e. The van der Waals surface area contributed by atoms with Gasteiger partial charge in [-0.3, -0.25) is 10.1 Å². The molecule has 0 bridgehead atoms. The summed E-state index contributed by atoms with van der Waals surface area (Å²) in [5.41, 5.74) is 1.11. The third kappa shape index (κ3) is 3.60. The first-order valence-electron chi connectivity index (χ1n) is 5.38. The number of para-hydroxylation sites is 1. The maximum atomic E-state index is 11.0. The Morgan fingerprint density at radius 1 is 1.41 bits per heavy atom. The van der Waals surface area contributed by atoms with Crippen molar-refractivity contribution in [1.82, 2.24) is 0 Å². The fourth-order valence-electron chi connectivity index (χ4n) is 1.52. The van der Waals surface area contributed by atoms with Crippen LogP contribution in [0, 0.1) is 10.1 Å². The number of nitrogens with one attached hydrogen (secondary N) is 2. The number of methoxy groups -OCH3 is 1. The standard InChI is InChI=1S/C11H17N3O3/c1-12-9-5-3-6-10(11(9)14(15)16)13-7-4-8-17-2/h3,5-6,12-13H,4,7-8H2,1-2H3. The van der Waals surface area contributed by atoms with E-state index in [1.807, 2.05) is 0 Å². The van der Waals surface area contributed by atoms with Crippen LogP contribution < -0.4 is 10.6 Å². The molecule has 0 unspecified atom stereocenters. The number of hydrogen-bond donors (Lipinski definition) is 2. The summed E-state index contributed by atoms with van der Waals surface area (Å²) in [5, 5.41) is 16.8. The van der Waals surface area contributed by atoms with Crippen LogP contribution in [0.2, 0.25) is 0 Å². The lowest BCUT2D eigenvalue weighted by atomic mass is 10.2. The van der Waals surface area contributed by atoms with Gasteiger partial charge in [-0.1, -0.05) is 6.07 Å². The lowest BCUT2D eigenvalue weighted by Crippen LogP contribution is -2.07. The van der Waals surface area contributed by atoms with Crippen molar-refractivity contribution in [3.8, 4) is 0 Å². The van der Waals surface area contributed by atoms with Crippen molar-refractivity contribution >= 4 is 17.1 Å². The molecule has 0 spiro atoms. The van der Waals surface area contributed by atoms with E-state index in [0.29, 0.717) is 24.5 Å². The number of nitro benzene ring substituents is 1. The molecule has 6 heteroatoms. The molecular formula is C11H17N3O3. The minimum absolute atomic E-state index is 0.0763. The van der Waals surface area contributed by atoms with Crippen LogP contribution in [-0.4, -0.2) is 32.2 Å². The number of hydrogen-bond acceptors (Lipinski definition) is 5. The highest BCUT2D eigenvalue weighted by Crippen LogP contribution is 2.32. The van der Waals surface area contributed by atoms with Crippen molar-refractivity contribution in [1.29, 1.82) is 0 Å². The Hall–Kier alpha value is -1.82. The van der Waals surface area contributed by atoms with Gasteiger partial charge in [-0.2, -0.15) is 0 Å². The van der Waals surface area contributed by atoms with E-state index in [9.17, 15) is 10.1 Å². The summed E-state index contributed by atoms with van der Waals surface area (Å²) in [6, 6.07) is 5.15. The average Bonchev–Trinajstić information content (AvgIpc) is 2.33. The van der Waals surface area contributed by atoms with Crippen LogP contribution in [-0.2, 0) is 4.74 Å². The fourth-order valence-corrected chi connectivity index (χ4v) is 1.52. The van der Waals surface area contributed by atoms with Crippen molar-refractivity contribution in [3.63, 3.8) is 0 Å². The highest BCUT2D eigenvalue weighted by Gasteiger charge is 2.18. The first-order chi connectivity index (χ1) is 8.20. The van der Waals surface area contributed by atoms with Crippen LogP contribution in [0.5, 0.6) is 0 Å². The molecule has 1 aromatic carbocycles. The summed E-state index contributed by atoms with van der Waals surface area (Å²) in [4.78, 5) is 10.6. The van der Waals surface area contributed by atoms with Gasteiger partial charge in [0.15, 0.2) is 0 Å². The second-order valence-electron chi connectivity index (χ2n) is 3.48. The van der Waals surface area contributed by atoms with Crippen molar-refractivity contribution < 1.29 is 9.66 Å². The molecule has 0 aromatic heterocycles. The number of nitro groups is 1. The molecule has 0 aliphatic carbocycles. The zero-order valence-corrected chi connectivity index (χ0v) is 10.0. The second-order valence-corrected chi connectivity index (χ2v) is 3.48. The van der Waals surface area contributed by atoms with E-state index in [1.165, 1.54) is 0 Å². The molecule has 0 amide bonds. The zero-order valence-electron chi connectivity index (χ0n) is 10.0. The third-order valence-corrected chi connectivity index (χ3v) is 2.33. The number of ether oxygens (including phenoxy) is 1. The van der Waals surface area contributed by atoms with Gasteiger partial charge in [-0.05, 0) is 18.6 Å². The normalized spacial score (nSPS) is 10.0. The number of anilines is 2. The maximum absolute atomic E-state index is 11.0. The van der Waals surface area contributed by atoms with Crippen molar-refractivity contribution in [2.75, 3.05) is 37.9 Å². The summed E-state index contributed by atoms with van der Waals surface area (Å²) in [7, 11) is 3.29. The Bertz CT molecular complexity index is 382. The van der Waals surface area contributed by atoms with E-state index in [1.54, 1.807) is 32.4 Å². The molecular weight excluding hydrogens is 222 g/mol. The van der Waals surface area contributed by atoms with Gasteiger partial charge in [0.2, 0.25) is 0 Å². The minimum Gasteiger partial charge on any atom is -0.385 e. The zero-order chi connectivity index (χ0) is 12.7. The van der Waals surface area contributed by atoms with Crippen LogP contribution in [0.25, 0.3) is 0 Å². The summed E-state index contributed by atoms with van der Waals surface area (Å²) in [6.07, 6.45) is 0.803. The van der Waals surface area contributed by atoms with Crippen molar-refractivity contribution in [2.45, 2.75) is 6.42 Å². The predicted molar refractivity (Wildman–Crippen MR) is 67.6 cm³/mol. The Morgan fingerprint density at radius 3 is 2.71 bits per heavy atom. The summed E-state index contributed by atoms with van der Waals surface area (Å²) < 4.78 is 4.92. The van der Waals surface area contributed by atoms with Crippen LogP contribution >= 0.6 is 0 Å². The summed E-state index contributed by atoms with van der Waals surface area (Å²) in [5.74, 6) is 0. The number of rotatable bonds is 7. The van der Waals surface area contributed by atoms with Crippen LogP contribution in [0.4, 0.5) is 17.1 Å². The van der Waals surface area contributed by atoms with Gasteiger partial charge in [0, 0.05) is 27.3 Å². The average molecular weight is 239 g/mol. The quantitative estimate of drug-likeness (QED) is 0.433. The molecule has 0 aliphatic heterocycles. The molecule has 0 atom stereocenters. The van der Waals surface area contributed by atoms with E-state index in [-0.39, 0.29) is 10.6 Å². The Kier molecular flexibility index (Phi) is 5.22. The van der Waals surface area contributed by atoms with Crippen LogP contribution in [0.1, 0.15) is 6.42 Å². The number of benzene rings is 1. The molecule has 0 saturated carbocycles. The SMILES string of the molecule is CNc1cccc(NCCCOC)c1[N+](=O)[O-]. The monoisotopic (exact) mass is 239 g/mol. The number of nitrogens with zero attached hydrogens (tertiary/aromatic N) is 1. The largest absolute Gasteiger partial charge is 0.385 e. The third-order valence-electron chi connectivity index (χ3n) is 2.33. The molecule has 17 heavy (non-hydrogen) atoms. The highest BCUT2D eigenvalue weighted by atomic mass is 16.6. The second kappa shape index (κ2) is 6.70. The minimum atomic E-state index is -0.384. The molecule has 0 heterocycles. The molecule has 1 rings (SSSR count). The van der Waals surface area contributed by atoms with Crippen molar-refractivity contribution in [3.05, 3.63) is 28.3 Å². The summed E-state index contributed by atoms with van der Waals surface area (Å²) >= 11 is 0. The molecule has 2 N–H and O–H groups in total. The van der Waals surface area contributed by atoms with Gasteiger partial charge in [0.05, 0.1) is 4.92 Å². The molecule has 1 aromatic rings. The van der Waals surface area contributed by atoms with Gasteiger partial charge in [-0.15, -0.1) is 0 Å². The molecule has 0 saturated heterocycles. The van der Waals surface area contributed by atoms with Gasteiger partial charge in [0.1, 0.15) is 11.4 Å². The lowest BCUT2D eigenvalue weighted by Gasteiger charge is -2.09. The van der Waals surface area contributed by atoms with E-state index < -0.39 is 0 Å². The Morgan fingerprint density at radius 2 is 2.12 bits per heavy atom. The molecule has 6 nitrogen and oxygen atoms in total. The lowest BCUT2D eigenvalue weighted by molar-refractivity contribution is -0.383. The topological polar surface area (TPSA) is 76.4 Å². The molecule has 0 aliphatic rings. The van der Waals surface area contributed by atoms with E-state index in [2.05, 4.69) is 10.6 Å². The van der Waals surface area contributed by atoms with Gasteiger partial charge >= 0.3 is 5.69 Å². The van der Waals surface area contributed by atoms with E-state index in [4.69, 9.17) is 4.74 Å². The van der Waals surface area contributed by atoms with E-state index in [0.717, 1.165) is 6.42 Å². The van der Waals surface area contributed by atoms with Gasteiger partial charge < -0.3 is 15.4 Å². The van der Waals surface area contributed by atoms with Crippen LogP contribution in [0.3, 0.4) is 0 Å². The predicted octanol–water partition coefficient (Wildman–Crippen LogP) is 2.08. The molecule has 0 radical (unpaired) electrons. The van der Waals surface area contributed by atoms with E-state index >= 15 is 0 Å². The Balaban J connectivity index is 2.79. The molecule has 0 fully saturated rings. The molecule has 94 valence electrons. The highest BCUT2D eigenvalue weighted by molar-refractivity contribution is 5.75. The van der Waals surface area contributed by atoms with Crippen molar-refractivity contribution in [2.24, 2.45) is 0 Å².